The van der Waals surface area contributed by atoms with Crippen molar-refractivity contribution in [2.45, 2.75) is 0 Å². The highest BCUT2D eigenvalue weighted by atomic mass is 16.6. The second-order valence-electron chi connectivity index (χ2n) is 6.19. The first-order chi connectivity index (χ1) is 14.0. The van der Waals surface area contributed by atoms with Crippen molar-refractivity contribution in [1.82, 2.24) is 4.98 Å². The minimum atomic E-state index is -0.543. The fraction of sp³-hybridized carbons (Fsp3) is 0.0476. The van der Waals surface area contributed by atoms with Gasteiger partial charge in [-0.15, -0.1) is 0 Å². The lowest BCUT2D eigenvalue weighted by atomic mass is 10.2. The van der Waals surface area contributed by atoms with E-state index in [4.69, 9.17) is 9.15 Å². The number of carbonyl (C=O) groups excluding carboxylic acids is 1. The number of methoxy groups -OCH3 is 1. The Labute approximate surface area is 164 Å². The molecule has 0 aliphatic rings. The summed E-state index contributed by atoms with van der Waals surface area (Å²) >= 11 is 0. The number of hydrogen-bond donors (Lipinski definition) is 1. The SMILES string of the molecule is COc1ccc(-c2nc3cc(NC(=O)c4cccc([N+](=O)[O-])c4)ccc3o2)cc1. The summed E-state index contributed by atoms with van der Waals surface area (Å²) in [5.74, 6) is 0.729. The van der Waals surface area contributed by atoms with Crippen LogP contribution in [0.15, 0.2) is 71.1 Å². The molecule has 29 heavy (non-hydrogen) atoms. The van der Waals surface area contributed by atoms with Crippen LogP contribution in [0.4, 0.5) is 11.4 Å². The molecule has 0 saturated carbocycles. The molecule has 4 rings (SSSR count). The second kappa shape index (κ2) is 7.43. The van der Waals surface area contributed by atoms with Crippen LogP contribution in [0, 0.1) is 10.1 Å². The number of rotatable bonds is 5. The highest BCUT2D eigenvalue weighted by Gasteiger charge is 2.13. The van der Waals surface area contributed by atoms with Gasteiger partial charge in [0.05, 0.1) is 12.0 Å². The van der Waals surface area contributed by atoms with E-state index >= 15 is 0 Å². The number of nitrogens with one attached hydrogen (secondary N) is 1. The van der Waals surface area contributed by atoms with Crippen molar-refractivity contribution in [2.24, 2.45) is 0 Å². The molecule has 0 saturated heterocycles. The number of amides is 1. The average molecular weight is 389 g/mol. The molecule has 0 fully saturated rings. The van der Waals surface area contributed by atoms with Crippen molar-refractivity contribution in [3.63, 3.8) is 0 Å². The van der Waals surface area contributed by atoms with Gasteiger partial charge in [0.15, 0.2) is 5.58 Å². The standard InChI is InChI=1S/C21H15N3O5/c1-28-17-8-5-13(6-9-17)21-23-18-12-15(7-10-19(18)29-21)22-20(25)14-3-2-4-16(11-14)24(26)27/h2-12H,1H3,(H,22,25). The quantitative estimate of drug-likeness (QED) is 0.393. The minimum absolute atomic E-state index is 0.145. The predicted octanol–water partition coefficient (Wildman–Crippen LogP) is 4.66. The molecule has 4 aromatic rings. The molecule has 0 radical (unpaired) electrons. The molecule has 0 spiro atoms. The Morgan fingerprint density at radius 2 is 1.90 bits per heavy atom. The van der Waals surface area contributed by atoms with Gasteiger partial charge in [0, 0.05) is 28.9 Å². The highest BCUT2D eigenvalue weighted by Crippen LogP contribution is 2.27. The van der Waals surface area contributed by atoms with Crippen molar-refractivity contribution in [3.8, 4) is 17.2 Å². The first-order valence-corrected chi connectivity index (χ1v) is 8.64. The fourth-order valence-electron chi connectivity index (χ4n) is 2.83. The number of nitro benzene ring substituents is 1. The zero-order chi connectivity index (χ0) is 20.4. The van der Waals surface area contributed by atoms with Gasteiger partial charge in [-0.1, -0.05) is 6.07 Å². The summed E-state index contributed by atoms with van der Waals surface area (Å²) in [5.41, 5.74) is 2.50. The lowest BCUT2D eigenvalue weighted by Gasteiger charge is -2.04. The van der Waals surface area contributed by atoms with Crippen LogP contribution in [0.3, 0.4) is 0 Å². The highest BCUT2D eigenvalue weighted by molar-refractivity contribution is 6.05. The topological polar surface area (TPSA) is 108 Å². The number of carbonyl (C=O) groups is 1. The third kappa shape index (κ3) is 3.77. The van der Waals surface area contributed by atoms with E-state index in [0.29, 0.717) is 22.7 Å². The first-order valence-electron chi connectivity index (χ1n) is 8.64. The van der Waals surface area contributed by atoms with Crippen molar-refractivity contribution in [1.29, 1.82) is 0 Å². The van der Waals surface area contributed by atoms with Crippen LogP contribution < -0.4 is 10.1 Å². The number of ether oxygens (including phenoxy) is 1. The summed E-state index contributed by atoms with van der Waals surface area (Å²) in [4.78, 5) is 27.2. The molecule has 1 aromatic heterocycles. The van der Waals surface area contributed by atoms with E-state index in [1.807, 2.05) is 24.3 Å². The van der Waals surface area contributed by atoms with Gasteiger partial charge in [-0.05, 0) is 48.5 Å². The number of non-ortho nitro benzene ring substituents is 1. The molecule has 8 nitrogen and oxygen atoms in total. The van der Waals surface area contributed by atoms with Gasteiger partial charge in [-0.2, -0.15) is 0 Å². The molecule has 0 unspecified atom stereocenters. The molecule has 0 aliphatic carbocycles. The number of nitro groups is 1. The smallest absolute Gasteiger partial charge is 0.270 e. The first kappa shape index (κ1) is 18.2. The van der Waals surface area contributed by atoms with Crippen LogP contribution in [0.2, 0.25) is 0 Å². The molecule has 0 aliphatic heterocycles. The Morgan fingerprint density at radius 1 is 1.10 bits per heavy atom. The van der Waals surface area contributed by atoms with Gasteiger partial charge in [-0.25, -0.2) is 4.98 Å². The zero-order valence-corrected chi connectivity index (χ0v) is 15.3. The number of nitrogens with zero attached hydrogens (tertiary/aromatic N) is 2. The summed E-state index contributed by atoms with van der Waals surface area (Å²) in [6.45, 7) is 0. The maximum absolute atomic E-state index is 12.4. The van der Waals surface area contributed by atoms with E-state index in [2.05, 4.69) is 10.3 Å². The van der Waals surface area contributed by atoms with Crippen molar-refractivity contribution in [2.75, 3.05) is 12.4 Å². The normalized spacial score (nSPS) is 10.7. The van der Waals surface area contributed by atoms with Crippen LogP contribution in [0.5, 0.6) is 5.75 Å². The minimum Gasteiger partial charge on any atom is -0.497 e. The maximum Gasteiger partial charge on any atom is 0.270 e. The maximum atomic E-state index is 12.4. The van der Waals surface area contributed by atoms with E-state index in [1.54, 1.807) is 25.3 Å². The van der Waals surface area contributed by atoms with E-state index in [0.717, 1.165) is 11.3 Å². The Kier molecular flexibility index (Phi) is 4.66. The van der Waals surface area contributed by atoms with Gasteiger partial charge in [-0.3, -0.25) is 14.9 Å². The molecule has 0 bridgehead atoms. The lowest BCUT2D eigenvalue weighted by molar-refractivity contribution is -0.384. The molecular formula is C21H15N3O5. The summed E-state index contributed by atoms with van der Waals surface area (Å²) in [6.07, 6.45) is 0. The number of anilines is 1. The summed E-state index contributed by atoms with van der Waals surface area (Å²) < 4.78 is 10.9. The Bertz CT molecular complexity index is 1210. The van der Waals surface area contributed by atoms with Gasteiger partial charge in [0.1, 0.15) is 11.3 Å². The summed E-state index contributed by atoms with van der Waals surface area (Å²) in [7, 11) is 1.60. The summed E-state index contributed by atoms with van der Waals surface area (Å²) in [6, 6.07) is 17.9. The van der Waals surface area contributed by atoms with Gasteiger partial charge < -0.3 is 14.5 Å². The summed E-state index contributed by atoms with van der Waals surface area (Å²) in [5, 5.41) is 13.6. The molecular weight excluding hydrogens is 374 g/mol. The van der Waals surface area contributed by atoms with Crippen molar-refractivity contribution >= 4 is 28.4 Å². The third-order valence-electron chi connectivity index (χ3n) is 4.30. The molecule has 3 aromatic carbocycles. The van der Waals surface area contributed by atoms with E-state index in [1.165, 1.54) is 24.3 Å². The third-order valence-corrected chi connectivity index (χ3v) is 4.30. The molecule has 8 heteroatoms. The lowest BCUT2D eigenvalue weighted by Crippen LogP contribution is -2.12. The van der Waals surface area contributed by atoms with Crippen LogP contribution in [-0.2, 0) is 0 Å². The number of aromatic nitrogens is 1. The largest absolute Gasteiger partial charge is 0.497 e. The molecule has 1 amide bonds. The molecule has 144 valence electrons. The monoisotopic (exact) mass is 389 g/mol. The Balaban J connectivity index is 1.58. The van der Waals surface area contributed by atoms with Crippen LogP contribution in [-0.4, -0.2) is 22.9 Å². The van der Waals surface area contributed by atoms with Gasteiger partial charge >= 0.3 is 0 Å². The molecule has 1 heterocycles. The van der Waals surface area contributed by atoms with E-state index in [9.17, 15) is 14.9 Å². The number of hydrogen-bond acceptors (Lipinski definition) is 6. The van der Waals surface area contributed by atoms with E-state index < -0.39 is 10.8 Å². The average Bonchev–Trinajstić information content (AvgIpc) is 3.17. The molecule has 0 atom stereocenters. The second-order valence-corrected chi connectivity index (χ2v) is 6.19. The van der Waals surface area contributed by atoms with Gasteiger partial charge in [0.25, 0.3) is 11.6 Å². The number of oxazole rings is 1. The van der Waals surface area contributed by atoms with Crippen LogP contribution in [0.25, 0.3) is 22.6 Å². The number of fused-ring (bicyclic) bond motifs is 1. The van der Waals surface area contributed by atoms with Crippen LogP contribution in [0.1, 0.15) is 10.4 Å². The Morgan fingerprint density at radius 3 is 2.62 bits per heavy atom. The van der Waals surface area contributed by atoms with Gasteiger partial charge in [0.2, 0.25) is 5.89 Å². The van der Waals surface area contributed by atoms with Crippen molar-refractivity contribution < 1.29 is 18.9 Å². The fourth-order valence-corrected chi connectivity index (χ4v) is 2.83. The predicted molar refractivity (Wildman–Crippen MR) is 107 cm³/mol. The number of benzene rings is 3. The molecule has 1 N–H and O–H groups in total. The van der Waals surface area contributed by atoms with Crippen LogP contribution >= 0.6 is 0 Å². The van der Waals surface area contributed by atoms with Crippen molar-refractivity contribution in [3.05, 3.63) is 82.4 Å². The Hall–Kier alpha value is -4.20. The zero-order valence-electron chi connectivity index (χ0n) is 15.3. The van der Waals surface area contributed by atoms with E-state index in [-0.39, 0.29) is 11.3 Å².